The molecule has 0 aromatic heterocycles. The van der Waals surface area contributed by atoms with Crippen molar-refractivity contribution in [3.63, 3.8) is 0 Å². The number of unbranched alkanes of at least 4 members (excludes halogenated alkanes) is 1. The molecule has 8 heteroatoms. The van der Waals surface area contributed by atoms with Gasteiger partial charge in [-0.2, -0.15) is 0 Å². The molecule has 126 valence electrons. The molecular weight excluding hydrogens is 342 g/mol. The topological polar surface area (TPSA) is 81.7 Å². The zero-order chi connectivity index (χ0) is 16.9. The van der Waals surface area contributed by atoms with Crippen LogP contribution in [0, 0.1) is 0 Å². The first-order valence-corrected chi connectivity index (χ1v) is 9.26. The Labute approximate surface area is 140 Å². The Bertz CT molecular complexity index is 715. The third kappa shape index (κ3) is 5.14. The summed E-state index contributed by atoms with van der Waals surface area (Å²) in [5.74, 6) is 0.201. The van der Waals surface area contributed by atoms with Gasteiger partial charge in [-0.05, 0) is 30.2 Å². The highest BCUT2D eigenvalue weighted by atomic mass is 35.5. The Morgan fingerprint density at radius 3 is 2.83 bits per heavy atom. The van der Waals surface area contributed by atoms with Crippen molar-refractivity contribution in [3.8, 4) is 11.5 Å². The summed E-state index contributed by atoms with van der Waals surface area (Å²) in [5.41, 5.74) is 0.611. The van der Waals surface area contributed by atoms with Crippen LogP contribution in [0.4, 0.5) is 0 Å². The molecule has 2 rings (SSSR count). The molecule has 0 bridgehead atoms. The highest BCUT2D eigenvalue weighted by Gasteiger charge is 2.16. The minimum absolute atomic E-state index is 0.0705. The summed E-state index contributed by atoms with van der Waals surface area (Å²) in [5, 5.41) is 0.373. The third-order valence-electron chi connectivity index (χ3n) is 3.07. The van der Waals surface area contributed by atoms with Crippen LogP contribution in [0.15, 0.2) is 18.2 Å². The number of carbonyl (C=O) groups excluding carboxylic acids is 1. The van der Waals surface area contributed by atoms with Crippen LogP contribution in [0.2, 0.25) is 5.02 Å². The van der Waals surface area contributed by atoms with Gasteiger partial charge in [-0.1, -0.05) is 24.9 Å². The first-order valence-electron chi connectivity index (χ1n) is 7.23. The van der Waals surface area contributed by atoms with Gasteiger partial charge < -0.3 is 9.47 Å². The number of carbonyl (C=O) groups is 1. The van der Waals surface area contributed by atoms with E-state index >= 15 is 0 Å². The molecule has 0 fully saturated rings. The minimum Gasteiger partial charge on any atom is -0.486 e. The van der Waals surface area contributed by atoms with Crippen LogP contribution in [-0.2, 0) is 14.8 Å². The fourth-order valence-corrected chi connectivity index (χ4v) is 3.39. The maximum Gasteiger partial charge on any atom is 0.257 e. The smallest absolute Gasteiger partial charge is 0.257 e. The van der Waals surface area contributed by atoms with Gasteiger partial charge in [0.15, 0.2) is 11.5 Å². The van der Waals surface area contributed by atoms with E-state index in [2.05, 4.69) is 0 Å². The molecule has 1 aromatic carbocycles. The number of rotatable bonds is 6. The van der Waals surface area contributed by atoms with Crippen LogP contribution in [0.5, 0.6) is 11.5 Å². The highest BCUT2D eigenvalue weighted by Crippen LogP contribution is 2.38. The lowest BCUT2D eigenvalue weighted by Crippen LogP contribution is -2.31. The normalized spacial score (nSPS) is 14.0. The van der Waals surface area contributed by atoms with Gasteiger partial charge in [0.25, 0.3) is 5.91 Å². The Morgan fingerprint density at radius 2 is 2.09 bits per heavy atom. The molecule has 1 heterocycles. The maximum atomic E-state index is 11.7. The van der Waals surface area contributed by atoms with Crippen molar-refractivity contribution in [1.29, 1.82) is 0 Å². The van der Waals surface area contributed by atoms with Crippen LogP contribution in [0.25, 0.3) is 6.08 Å². The second-order valence-corrected chi connectivity index (χ2v) is 7.25. The van der Waals surface area contributed by atoms with Crippen LogP contribution in [-0.4, -0.2) is 33.3 Å². The summed E-state index contributed by atoms with van der Waals surface area (Å²) in [6.45, 7) is 2.73. The highest BCUT2D eigenvalue weighted by molar-refractivity contribution is 7.90. The zero-order valence-electron chi connectivity index (χ0n) is 12.7. The molecule has 0 atom stereocenters. The number of amides is 1. The predicted octanol–water partition coefficient (Wildman–Crippen LogP) is 2.37. The summed E-state index contributed by atoms with van der Waals surface area (Å²) in [4.78, 5) is 11.7. The molecule has 0 radical (unpaired) electrons. The lowest BCUT2D eigenvalue weighted by Gasteiger charge is -2.19. The van der Waals surface area contributed by atoms with Gasteiger partial charge in [-0.3, -0.25) is 4.79 Å². The molecule has 0 aliphatic carbocycles. The Kier molecular flexibility index (Phi) is 5.90. The van der Waals surface area contributed by atoms with E-state index in [-0.39, 0.29) is 5.75 Å². The number of hydrogen-bond donors (Lipinski definition) is 1. The summed E-state index contributed by atoms with van der Waals surface area (Å²) < 4.78 is 36.1. The van der Waals surface area contributed by atoms with Crippen LogP contribution < -0.4 is 14.2 Å². The van der Waals surface area contributed by atoms with Crippen molar-refractivity contribution in [3.05, 3.63) is 28.8 Å². The molecule has 1 aliphatic heterocycles. The fraction of sp³-hybridized carbons (Fsp3) is 0.400. The Balaban J connectivity index is 2.05. The van der Waals surface area contributed by atoms with E-state index in [0.29, 0.717) is 41.7 Å². The van der Waals surface area contributed by atoms with Crippen LogP contribution in [0.3, 0.4) is 0 Å². The lowest BCUT2D eigenvalue weighted by molar-refractivity contribution is -0.114. The number of nitrogens with one attached hydrogen (secondary N) is 1. The van der Waals surface area contributed by atoms with E-state index < -0.39 is 15.9 Å². The fourth-order valence-electron chi connectivity index (χ4n) is 1.97. The second kappa shape index (κ2) is 7.70. The number of fused-ring (bicyclic) bond motifs is 1. The first-order chi connectivity index (χ1) is 10.9. The molecule has 1 N–H and O–H groups in total. The largest absolute Gasteiger partial charge is 0.486 e. The van der Waals surface area contributed by atoms with Crippen molar-refractivity contribution in [2.45, 2.75) is 19.8 Å². The number of hydrogen-bond acceptors (Lipinski definition) is 5. The average molecular weight is 360 g/mol. The molecule has 23 heavy (non-hydrogen) atoms. The van der Waals surface area contributed by atoms with E-state index in [1.807, 2.05) is 11.6 Å². The average Bonchev–Trinajstić information content (AvgIpc) is 2.51. The quantitative estimate of drug-likeness (QED) is 0.788. The van der Waals surface area contributed by atoms with Gasteiger partial charge in [0.05, 0.1) is 10.8 Å². The Hall–Kier alpha value is -1.73. The van der Waals surface area contributed by atoms with Crippen molar-refractivity contribution in [2.24, 2.45) is 0 Å². The molecule has 1 amide bonds. The SMILES string of the molecule is CCCCS(=O)(=O)NC(=O)/C=C/c1cc(Cl)c2c(c1)OCCO2. The number of ether oxygens (including phenoxy) is 2. The number of benzene rings is 1. The predicted molar refractivity (Wildman–Crippen MR) is 88.3 cm³/mol. The molecule has 0 unspecified atom stereocenters. The van der Waals surface area contributed by atoms with Gasteiger partial charge >= 0.3 is 0 Å². The standard InChI is InChI=1S/C15H18ClNO5S/c1-2-3-8-23(19,20)17-14(18)5-4-11-9-12(16)15-13(10-11)21-6-7-22-15/h4-5,9-10H,2-3,6-8H2,1H3,(H,17,18)/b5-4+. The number of sulfonamides is 1. The van der Waals surface area contributed by atoms with Gasteiger partial charge in [-0.25, -0.2) is 13.1 Å². The molecule has 1 aromatic rings. The summed E-state index contributed by atoms with van der Waals surface area (Å²) >= 11 is 6.09. The van der Waals surface area contributed by atoms with Crippen molar-refractivity contribution in [1.82, 2.24) is 4.72 Å². The molecule has 1 aliphatic rings. The maximum absolute atomic E-state index is 11.7. The third-order valence-corrected chi connectivity index (χ3v) is 4.69. The molecule has 0 spiro atoms. The summed E-state index contributed by atoms with van der Waals surface area (Å²) in [6.07, 6.45) is 3.85. The zero-order valence-corrected chi connectivity index (χ0v) is 14.2. The van der Waals surface area contributed by atoms with Gasteiger partial charge in [-0.15, -0.1) is 0 Å². The van der Waals surface area contributed by atoms with Crippen LogP contribution >= 0.6 is 11.6 Å². The molecule has 0 saturated heterocycles. The van der Waals surface area contributed by atoms with Gasteiger partial charge in [0, 0.05) is 6.08 Å². The van der Waals surface area contributed by atoms with E-state index in [1.54, 1.807) is 12.1 Å². The molecular formula is C15H18ClNO5S. The summed E-state index contributed by atoms with van der Waals surface area (Å²) in [7, 11) is -3.59. The van der Waals surface area contributed by atoms with E-state index in [0.717, 1.165) is 12.5 Å². The van der Waals surface area contributed by atoms with Crippen molar-refractivity contribution in [2.75, 3.05) is 19.0 Å². The minimum atomic E-state index is -3.59. The summed E-state index contributed by atoms with van der Waals surface area (Å²) in [6, 6.07) is 3.29. The van der Waals surface area contributed by atoms with Crippen molar-refractivity contribution < 1.29 is 22.7 Å². The molecule has 0 saturated carbocycles. The van der Waals surface area contributed by atoms with Crippen molar-refractivity contribution >= 4 is 33.6 Å². The number of halogens is 1. The van der Waals surface area contributed by atoms with E-state index in [9.17, 15) is 13.2 Å². The van der Waals surface area contributed by atoms with E-state index in [4.69, 9.17) is 21.1 Å². The van der Waals surface area contributed by atoms with Gasteiger partial charge in [0.2, 0.25) is 10.0 Å². The first kappa shape index (κ1) is 17.6. The lowest BCUT2D eigenvalue weighted by atomic mass is 10.2. The van der Waals surface area contributed by atoms with E-state index in [1.165, 1.54) is 6.08 Å². The molecule has 6 nitrogen and oxygen atoms in total. The van der Waals surface area contributed by atoms with Crippen LogP contribution in [0.1, 0.15) is 25.3 Å². The second-order valence-electron chi connectivity index (χ2n) is 5.00. The Morgan fingerprint density at radius 1 is 1.35 bits per heavy atom. The van der Waals surface area contributed by atoms with Gasteiger partial charge in [0.1, 0.15) is 13.2 Å². The monoisotopic (exact) mass is 359 g/mol.